The average molecular weight is 332 g/mol. The normalized spacial score (nSPS) is 12.8. The molecule has 0 fully saturated rings. The molecule has 0 heterocycles. The van der Waals surface area contributed by atoms with Crippen LogP contribution in [0.3, 0.4) is 0 Å². The zero-order valence-corrected chi connectivity index (χ0v) is 14.6. The van der Waals surface area contributed by atoms with Crippen LogP contribution in [0.2, 0.25) is 0 Å². The highest BCUT2D eigenvalue weighted by molar-refractivity contribution is 5.89. The highest BCUT2D eigenvalue weighted by Crippen LogP contribution is 2.21. The van der Waals surface area contributed by atoms with Gasteiger partial charge in [-0.05, 0) is 47.7 Å². The minimum absolute atomic E-state index is 0. The van der Waals surface area contributed by atoms with Gasteiger partial charge in [-0.2, -0.15) is 0 Å². The SMILES string of the molecule is CC(C)Cc1ccc(C(C)C(N)=Nc2ccc(O)cc2)cc1.[Cl-]. The van der Waals surface area contributed by atoms with E-state index in [4.69, 9.17) is 5.73 Å². The maximum Gasteiger partial charge on any atom is 0.115 e. The second kappa shape index (κ2) is 8.59. The number of hydrogen-bond acceptors (Lipinski definition) is 2. The largest absolute Gasteiger partial charge is 1.00 e. The maximum atomic E-state index is 9.29. The molecule has 0 aliphatic rings. The van der Waals surface area contributed by atoms with E-state index in [9.17, 15) is 5.11 Å². The number of phenolic OH excluding ortho intramolecular Hbond substituents is 1. The van der Waals surface area contributed by atoms with Crippen molar-refractivity contribution in [2.75, 3.05) is 0 Å². The Morgan fingerprint density at radius 2 is 1.57 bits per heavy atom. The van der Waals surface area contributed by atoms with Crippen LogP contribution in [0.4, 0.5) is 5.69 Å². The molecule has 0 spiro atoms. The Bertz CT molecular complexity index is 633. The van der Waals surface area contributed by atoms with Crippen LogP contribution < -0.4 is 18.1 Å². The highest BCUT2D eigenvalue weighted by atomic mass is 35.5. The molecule has 1 unspecified atom stereocenters. The van der Waals surface area contributed by atoms with Crippen LogP contribution in [0.15, 0.2) is 53.5 Å². The fourth-order valence-electron chi connectivity index (χ4n) is 2.36. The Hall–Kier alpha value is -2.00. The predicted molar refractivity (Wildman–Crippen MR) is 92.8 cm³/mol. The van der Waals surface area contributed by atoms with Crippen LogP contribution in [0.25, 0.3) is 0 Å². The van der Waals surface area contributed by atoms with Gasteiger partial charge < -0.3 is 23.2 Å². The third-order valence-corrected chi connectivity index (χ3v) is 3.68. The first-order valence-corrected chi connectivity index (χ1v) is 7.67. The Labute approximate surface area is 144 Å². The minimum atomic E-state index is 0. The molecule has 0 saturated carbocycles. The molecular formula is C19H24ClN2O-. The standard InChI is InChI=1S/C19H24N2O.ClH/c1-13(2)12-15-4-6-16(7-5-15)14(3)19(20)21-17-8-10-18(22)11-9-17;/h4-11,13-14,22H,12H2,1-3H3,(H2,20,21);1H/p-1. The molecule has 23 heavy (non-hydrogen) atoms. The van der Waals surface area contributed by atoms with Crippen molar-refractivity contribution in [3.05, 3.63) is 59.7 Å². The highest BCUT2D eigenvalue weighted by Gasteiger charge is 2.10. The monoisotopic (exact) mass is 331 g/mol. The number of aromatic hydroxyl groups is 1. The minimum Gasteiger partial charge on any atom is -1.00 e. The van der Waals surface area contributed by atoms with Crippen molar-refractivity contribution >= 4 is 11.5 Å². The lowest BCUT2D eigenvalue weighted by Gasteiger charge is -2.13. The van der Waals surface area contributed by atoms with E-state index in [1.165, 1.54) is 5.56 Å². The summed E-state index contributed by atoms with van der Waals surface area (Å²) in [5, 5.41) is 9.29. The van der Waals surface area contributed by atoms with Crippen molar-refractivity contribution < 1.29 is 17.5 Å². The summed E-state index contributed by atoms with van der Waals surface area (Å²) in [4.78, 5) is 4.43. The van der Waals surface area contributed by atoms with Crippen LogP contribution >= 0.6 is 0 Å². The van der Waals surface area contributed by atoms with Crippen molar-refractivity contribution in [1.82, 2.24) is 0 Å². The lowest BCUT2D eigenvalue weighted by atomic mass is 9.96. The maximum absolute atomic E-state index is 9.29. The van der Waals surface area contributed by atoms with Crippen molar-refractivity contribution in [3.63, 3.8) is 0 Å². The number of amidine groups is 1. The van der Waals surface area contributed by atoms with Gasteiger partial charge in [-0.25, -0.2) is 4.99 Å². The Kier molecular flexibility index (Phi) is 7.11. The first-order valence-electron chi connectivity index (χ1n) is 7.67. The van der Waals surface area contributed by atoms with Gasteiger partial charge >= 0.3 is 0 Å². The van der Waals surface area contributed by atoms with Gasteiger partial charge in [0.25, 0.3) is 0 Å². The van der Waals surface area contributed by atoms with E-state index in [-0.39, 0.29) is 24.1 Å². The first kappa shape index (κ1) is 19.0. The molecule has 3 nitrogen and oxygen atoms in total. The van der Waals surface area contributed by atoms with E-state index in [1.54, 1.807) is 24.3 Å². The molecule has 0 aliphatic heterocycles. The van der Waals surface area contributed by atoms with Crippen molar-refractivity contribution in [2.24, 2.45) is 16.6 Å². The lowest BCUT2D eigenvalue weighted by Crippen LogP contribution is -3.00. The molecule has 124 valence electrons. The molecule has 2 rings (SSSR count). The smallest absolute Gasteiger partial charge is 0.115 e. The summed E-state index contributed by atoms with van der Waals surface area (Å²) in [5.74, 6) is 1.51. The zero-order chi connectivity index (χ0) is 16.1. The molecule has 0 amide bonds. The van der Waals surface area contributed by atoms with Crippen LogP contribution in [0, 0.1) is 5.92 Å². The Balaban J connectivity index is 0.00000264. The van der Waals surface area contributed by atoms with Gasteiger partial charge in [0, 0.05) is 5.92 Å². The molecule has 3 N–H and O–H groups in total. The van der Waals surface area contributed by atoms with Crippen LogP contribution in [0.1, 0.15) is 37.8 Å². The quantitative estimate of drug-likeness (QED) is 0.642. The zero-order valence-electron chi connectivity index (χ0n) is 13.8. The van der Waals surface area contributed by atoms with Gasteiger partial charge in [0.15, 0.2) is 0 Å². The second-order valence-electron chi connectivity index (χ2n) is 6.11. The van der Waals surface area contributed by atoms with E-state index in [2.05, 4.69) is 50.0 Å². The van der Waals surface area contributed by atoms with Crippen LogP contribution in [-0.4, -0.2) is 10.9 Å². The predicted octanol–water partition coefficient (Wildman–Crippen LogP) is 1.39. The summed E-state index contributed by atoms with van der Waals surface area (Å²) in [6.07, 6.45) is 1.09. The molecule has 0 saturated heterocycles. The van der Waals surface area contributed by atoms with Gasteiger partial charge in [0.1, 0.15) is 11.6 Å². The fraction of sp³-hybridized carbons (Fsp3) is 0.316. The summed E-state index contributed by atoms with van der Waals surface area (Å²) in [6.45, 7) is 6.49. The lowest BCUT2D eigenvalue weighted by molar-refractivity contribution is -0.00000598. The summed E-state index contributed by atoms with van der Waals surface area (Å²) in [6, 6.07) is 15.3. The molecule has 2 aromatic rings. The van der Waals surface area contributed by atoms with Gasteiger partial charge in [0.05, 0.1) is 5.69 Å². The Morgan fingerprint density at radius 1 is 1.00 bits per heavy atom. The molecular weight excluding hydrogens is 308 g/mol. The van der Waals surface area contributed by atoms with Crippen molar-refractivity contribution in [3.8, 4) is 5.75 Å². The first-order chi connectivity index (χ1) is 10.5. The molecule has 4 heteroatoms. The van der Waals surface area contributed by atoms with E-state index < -0.39 is 0 Å². The summed E-state index contributed by atoms with van der Waals surface area (Å²) < 4.78 is 0. The molecule has 0 radical (unpaired) electrons. The summed E-state index contributed by atoms with van der Waals surface area (Å²) in [5.41, 5.74) is 9.38. The molecule has 0 aromatic heterocycles. The second-order valence-corrected chi connectivity index (χ2v) is 6.11. The number of aliphatic imine (C=N–C) groups is 1. The molecule has 0 bridgehead atoms. The summed E-state index contributed by atoms with van der Waals surface area (Å²) in [7, 11) is 0. The number of phenols is 1. The van der Waals surface area contributed by atoms with E-state index >= 15 is 0 Å². The topological polar surface area (TPSA) is 58.6 Å². The molecule has 1 atom stereocenters. The van der Waals surface area contributed by atoms with Crippen LogP contribution in [-0.2, 0) is 6.42 Å². The van der Waals surface area contributed by atoms with E-state index in [0.717, 1.165) is 17.7 Å². The average Bonchev–Trinajstić information content (AvgIpc) is 2.49. The van der Waals surface area contributed by atoms with Gasteiger partial charge in [-0.3, -0.25) is 0 Å². The number of hydrogen-bond donors (Lipinski definition) is 2. The third kappa shape index (κ3) is 5.61. The van der Waals surface area contributed by atoms with Crippen molar-refractivity contribution in [1.29, 1.82) is 0 Å². The van der Waals surface area contributed by atoms with E-state index in [1.807, 2.05) is 0 Å². The van der Waals surface area contributed by atoms with Crippen molar-refractivity contribution in [2.45, 2.75) is 33.1 Å². The summed E-state index contributed by atoms with van der Waals surface area (Å²) >= 11 is 0. The van der Waals surface area contributed by atoms with E-state index in [0.29, 0.717) is 11.8 Å². The molecule has 2 aromatic carbocycles. The number of benzene rings is 2. The van der Waals surface area contributed by atoms with Gasteiger partial charge in [-0.1, -0.05) is 45.0 Å². The number of nitrogens with zero attached hydrogens (tertiary/aromatic N) is 1. The number of rotatable bonds is 5. The van der Waals surface area contributed by atoms with Gasteiger partial charge in [-0.15, -0.1) is 0 Å². The third-order valence-electron chi connectivity index (χ3n) is 3.68. The fourth-order valence-corrected chi connectivity index (χ4v) is 2.36. The molecule has 0 aliphatic carbocycles. The number of nitrogens with two attached hydrogens (primary N) is 1. The van der Waals surface area contributed by atoms with Crippen LogP contribution in [0.5, 0.6) is 5.75 Å². The van der Waals surface area contributed by atoms with Gasteiger partial charge in [0.2, 0.25) is 0 Å². The number of halogens is 1. The Morgan fingerprint density at radius 3 is 2.09 bits per heavy atom.